The molecule has 0 radical (unpaired) electrons. The average Bonchev–Trinajstić information content (AvgIpc) is 2.90. The molecule has 0 fully saturated rings. The number of para-hydroxylation sites is 2. The van der Waals surface area contributed by atoms with Crippen molar-refractivity contribution < 1.29 is 9.53 Å². The molecule has 4 heteroatoms. The molecular formula is C18H18N2O2. The second-order valence-corrected chi connectivity index (χ2v) is 5.08. The van der Waals surface area contributed by atoms with Gasteiger partial charge in [0.05, 0.1) is 12.3 Å². The number of amides is 1. The zero-order valence-corrected chi connectivity index (χ0v) is 12.7. The number of aromatic nitrogens is 1. The van der Waals surface area contributed by atoms with E-state index in [2.05, 4.69) is 5.32 Å². The van der Waals surface area contributed by atoms with Crippen molar-refractivity contribution in [2.75, 3.05) is 11.9 Å². The Balaban J connectivity index is 1.87. The summed E-state index contributed by atoms with van der Waals surface area (Å²) in [5.41, 5.74) is 2.42. The summed E-state index contributed by atoms with van der Waals surface area (Å²) < 4.78 is 7.56. The monoisotopic (exact) mass is 294 g/mol. The van der Waals surface area contributed by atoms with E-state index in [1.54, 1.807) is 0 Å². The Kier molecular flexibility index (Phi) is 3.83. The van der Waals surface area contributed by atoms with Crippen LogP contribution in [0.5, 0.6) is 5.75 Å². The average molecular weight is 294 g/mol. The fourth-order valence-corrected chi connectivity index (χ4v) is 2.47. The summed E-state index contributed by atoms with van der Waals surface area (Å²) in [6, 6.07) is 15.1. The van der Waals surface area contributed by atoms with E-state index in [9.17, 15) is 4.79 Å². The van der Waals surface area contributed by atoms with Crippen LogP contribution in [0.25, 0.3) is 10.9 Å². The SMILES string of the molecule is CCOc1ccccc1NC(=O)c1ccc2c(ccn2C)c1. The predicted molar refractivity (Wildman–Crippen MR) is 88.5 cm³/mol. The lowest BCUT2D eigenvalue weighted by Crippen LogP contribution is -2.12. The van der Waals surface area contributed by atoms with Gasteiger partial charge in [-0.15, -0.1) is 0 Å². The molecule has 0 unspecified atom stereocenters. The number of aryl methyl sites for hydroxylation is 1. The molecule has 1 N–H and O–H groups in total. The Hall–Kier alpha value is -2.75. The fraction of sp³-hybridized carbons (Fsp3) is 0.167. The van der Waals surface area contributed by atoms with Crippen LogP contribution in [0.2, 0.25) is 0 Å². The third kappa shape index (κ3) is 2.68. The zero-order chi connectivity index (χ0) is 15.5. The van der Waals surface area contributed by atoms with Crippen LogP contribution in [0.3, 0.4) is 0 Å². The van der Waals surface area contributed by atoms with E-state index in [1.807, 2.05) is 73.3 Å². The molecule has 0 atom stereocenters. The Morgan fingerprint density at radius 2 is 2.00 bits per heavy atom. The summed E-state index contributed by atoms with van der Waals surface area (Å²) in [4.78, 5) is 12.4. The summed E-state index contributed by atoms with van der Waals surface area (Å²) in [5.74, 6) is 0.539. The first-order valence-electron chi connectivity index (χ1n) is 7.27. The Morgan fingerprint density at radius 3 is 2.82 bits per heavy atom. The van der Waals surface area contributed by atoms with Gasteiger partial charge in [0.15, 0.2) is 0 Å². The highest BCUT2D eigenvalue weighted by Gasteiger charge is 2.10. The number of hydrogen-bond donors (Lipinski definition) is 1. The van der Waals surface area contributed by atoms with Crippen LogP contribution in [0, 0.1) is 0 Å². The molecule has 0 aliphatic carbocycles. The van der Waals surface area contributed by atoms with Crippen molar-refractivity contribution in [2.45, 2.75) is 6.92 Å². The second kappa shape index (κ2) is 5.93. The molecule has 112 valence electrons. The number of carbonyl (C=O) groups excluding carboxylic acids is 1. The highest BCUT2D eigenvalue weighted by atomic mass is 16.5. The van der Waals surface area contributed by atoms with Crippen molar-refractivity contribution in [3.8, 4) is 5.75 Å². The minimum absolute atomic E-state index is 0.141. The summed E-state index contributed by atoms with van der Waals surface area (Å²) in [6.07, 6.45) is 1.98. The Morgan fingerprint density at radius 1 is 1.18 bits per heavy atom. The molecule has 3 rings (SSSR count). The molecule has 0 saturated heterocycles. The lowest BCUT2D eigenvalue weighted by atomic mass is 10.1. The van der Waals surface area contributed by atoms with Gasteiger partial charge >= 0.3 is 0 Å². The Bertz CT molecular complexity index is 821. The number of carbonyl (C=O) groups is 1. The maximum absolute atomic E-state index is 12.4. The van der Waals surface area contributed by atoms with Crippen molar-refractivity contribution in [3.63, 3.8) is 0 Å². The summed E-state index contributed by atoms with van der Waals surface area (Å²) in [5, 5.41) is 3.96. The third-order valence-electron chi connectivity index (χ3n) is 3.58. The maximum Gasteiger partial charge on any atom is 0.255 e. The largest absolute Gasteiger partial charge is 0.492 e. The molecule has 0 saturated carbocycles. The van der Waals surface area contributed by atoms with E-state index in [4.69, 9.17) is 4.74 Å². The third-order valence-corrected chi connectivity index (χ3v) is 3.58. The van der Waals surface area contributed by atoms with E-state index >= 15 is 0 Å². The first-order valence-corrected chi connectivity index (χ1v) is 7.27. The van der Waals surface area contributed by atoms with Crippen LogP contribution < -0.4 is 10.1 Å². The van der Waals surface area contributed by atoms with Gasteiger partial charge < -0.3 is 14.6 Å². The van der Waals surface area contributed by atoms with Crippen molar-refractivity contribution in [1.82, 2.24) is 4.57 Å². The molecular weight excluding hydrogens is 276 g/mol. The van der Waals surface area contributed by atoms with Gasteiger partial charge in [-0.2, -0.15) is 0 Å². The fourth-order valence-electron chi connectivity index (χ4n) is 2.47. The van der Waals surface area contributed by atoms with Gasteiger partial charge in [-0.3, -0.25) is 4.79 Å². The van der Waals surface area contributed by atoms with E-state index < -0.39 is 0 Å². The van der Waals surface area contributed by atoms with Crippen LogP contribution in [0.4, 0.5) is 5.69 Å². The molecule has 0 bridgehead atoms. The molecule has 1 aromatic heterocycles. The van der Waals surface area contributed by atoms with Crippen LogP contribution in [0.1, 0.15) is 17.3 Å². The van der Waals surface area contributed by atoms with Crippen LogP contribution in [-0.2, 0) is 7.05 Å². The summed E-state index contributed by atoms with van der Waals surface area (Å²) >= 11 is 0. The predicted octanol–water partition coefficient (Wildman–Crippen LogP) is 3.83. The molecule has 3 aromatic rings. The van der Waals surface area contributed by atoms with E-state index in [1.165, 1.54) is 0 Å². The molecule has 2 aromatic carbocycles. The van der Waals surface area contributed by atoms with Gasteiger partial charge in [0.25, 0.3) is 5.91 Å². The van der Waals surface area contributed by atoms with E-state index in [0.717, 1.165) is 10.9 Å². The minimum atomic E-state index is -0.141. The van der Waals surface area contributed by atoms with E-state index in [-0.39, 0.29) is 5.91 Å². The standard InChI is InChI=1S/C18H18N2O2/c1-3-22-17-7-5-4-6-15(17)19-18(21)14-8-9-16-13(12-14)10-11-20(16)2/h4-12H,3H2,1-2H3,(H,19,21). The molecule has 0 spiro atoms. The van der Waals surface area contributed by atoms with Crippen molar-refractivity contribution in [1.29, 1.82) is 0 Å². The van der Waals surface area contributed by atoms with E-state index in [0.29, 0.717) is 23.6 Å². The van der Waals surface area contributed by atoms with Crippen molar-refractivity contribution >= 4 is 22.5 Å². The van der Waals surface area contributed by atoms with Crippen LogP contribution >= 0.6 is 0 Å². The topological polar surface area (TPSA) is 43.3 Å². The number of nitrogens with zero attached hydrogens (tertiary/aromatic N) is 1. The molecule has 22 heavy (non-hydrogen) atoms. The van der Waals surface area contributed by atoms with Crippen molar-refractivity contribution in [2.24, 2.45) is 7.05 Å². The number of nitrogens with one attached hydrogen (secondary N) is 1. The number of anilines is 1. The zero-order valence-electron chi connectivity index (χ0n) is 12.7. The summed E-state index contributed by atoms with van der Waals surface area (Å²) in [7, 11) is 1.99. The number of ether oxygens (including phenoxy) is 1. The number of fused-ring (bicyclic) bond motifs is 1. The quantitative estimate of drug-likeness (QED) is 0.794. The maximum atomic E-state index is 12.4. The molecule has 4 nitrogen and oxygen atoms in total. The van der Waals surface area contributed by atoms with Gasteiger partial charge in [0.2, 0.25) is 0 Å². The summed E-state index contributed by atoms with van der Waals surface area (Å²) in [6.45, 7) is 2.48. The second-order valence-electron chi connectivity index (χ2n) is 5.08. The molecule has 0 aliphatic rings. The van der Waals surface area contributed by atoms with Gasteiger partial charge in [-0.1, -0.05) is 12.1 Å². The highest BCUT2D eigenvalue weighted by molar-refractivity contribution is 6.06. The number of rotatable bonds is 4. The first kappa shape index (κ1) is 14.2. The lowest BCUT2D eigenvalue weighted by Gasteiger charge is -2.11. The van der Waals surface area contributed by atoms with Gasteiger partial charge in [-0.05, 0) is 43.3 Å². The molecule has 1 heterocycles. The van der Waals surface area contributed by atoms with Gasteiger partial charge in [0.1, 0.15) is 5.75 Å². The number of benzene rings is 2. The van der Waals surface area contributed by atoms with Crippen LogP contribution in [-0.4, -0.2) is 17.1 Å². The number of hydrogen-bond acceptors (Lipinski definition) is 2. The smallest absolute Gasteiger partial charge is 0.255 e. The van der Waals surface area contributed by atoms with Crippen molar-refractivity contribution in [3.05, 3.63) is 60.3 Å². The Labute approximate surface area is 129 Å². The molecule has 0 aliphatic heterocycles. The highest BCUT2D eigenvalue weighted by Crippen LogP contribution is 2.25. The minimum Gasteiger partial charge on any atom is -0.492 e. The lowest BCUT2D eigenvalue weighted by molar-refractivity contribution is 0.102. The normalized spacial score (nSPS) is 10.6. The van der Waals surface area contributed by atoms with Crippen LogP contribution in [0.15, 0.2) is 54.7 Å². The molecule has 1 amide bonds. The first-order chi connectivity index (χ1) is 10.7. The van der Waals surface area contributed by atoms with Gasteiger partial charge in [0, 0.05) is 29.7 Å². The van der Waals surface area contributed by atoms with Gasteiger partial charge in [-0.25, -0.2) is 0 Å².